The molecule has 2 aromatic carbocycles. The lowest BCUT2D eigenvalue weighted by molar-refractivity contribution is -0.118. The Balaban J connectivity index is 1.94. The van der Waals surface area contributed by atoms with Gasteiger partial charge in [-0.25, -0.2) is 0 Å². The Kier molecular flexibility index (Phi) is 6.15. The standard InChI is InChI=1S/C18H14ClN3O3/c19-15-3-1-2-4-16(15)22-17(23)11-25-14-7-5-12(6-8-14)9-13(10-20)18(21)24/h1-9H,11H2,(H2,21,24)(H,22,23)/b13-9+. The van der Waals surface area contributed by atoms with Crippen molar-refractivity contribution in [2.45, 2.75) is 0 Å². The molecule has 2 rings (SSSR count). The Morgan fingerprint density at radius 1 is 1.20 bits per heavy atom. The molecular weight excluding hydrogens is 342 g/mol. The number of ether oxygens (including phenoxy) is 1. The molecule has 0 unspecified atom stereocenters. The van der Waals surface area contributed by atoms with Crippen LogP contribution in [0.4, 0.5) is 5.69 Å². The molecule has 7 heteroatoms. The normalized spacial score (nSPS) is 10.6. The highest BCUT2D eigenvalue weighted by atomic mass is 35.5. The van der Waals surface area contributed by atoms with Crippen LogP contribution in [0.25, 0.3) is 6.08 Å². The smallest absolute Gasteiger partial charge is 0.262 e. The fourth-order valence-corrected chi connectivity index (χ4v) is 2.07. The maximum absolute atomic E-state index is 11.9. The summed E-state index contributed by atoms with van der Waals surface area (Å²) in [5.74, 6) is -0.680. The van der Waals surface area contributed by atoms with E-state index in [1.165, 1.54) is 6.08 Å². The Morgan fingerprint density at radius 2 is 1.88 bits per heavy atom. The molecule has 0 heterocycles. The van der Waals surface area contributed by atoms with Gasteiger partial charge in [0.15, 0.2) is 6.61 Å². The highest BCUT2D eigenvalue weighted by Crippen LogP contribution is 2.20. The van der Waals surface area contributed by atoms with Crippen LogP contribution in [0.5, 0.6) is 5.75 Å². The number of nitrogens with zero attached hydrogens (tertiary/aromatic N) is 1. The van der Waals surface area contributed by atoms with Gasteiger partial charge in [0, 0.05) is 0 Å². The van der Waals surface area contributed by atoms with E-state index in [1.54, 1.807) is 54.6 Å². The number of nitrogens with two attached hydrogens (primary N) is 1. The van der Waals surface area contributed by atoms with E-state index >= 15 is 0 Å². The molecule has 0 atom stereocenters. The van der Waals surface area contributed by atoms with Crippen LogP contribution in [-0.4, -0.2) is 18.4 Å². The van der Waals surface area contributed by atoms with Crippen LogP contribution in [0.15, 0.2) is 54.1 Å². The topological polar surface area (TPSA) is 105 Å². The molecule has 0 saturated carbocycles. The van der Waals surface area contributed by atoms with Gasteiger partial charge in [-0.05, 0) is 35.9 Å². The monoisotopic (exact) mass is 355 g/mol. The lowest BCUT2D eigenvalue weighted by atomic mass is 10.1. The fraction of sp³-hybridized carbons (Fsp3) is 0.0556. The summed E-state index contributed by atoms with van der Waals surface area (Å²) in [7, 11) is 0. The summed E-state index contributed by atoms with van der Waals surface area (Å²) in [5, 5.41) is 11.9. The number of rotatable bonds is 6. The number of amides is 2. The van der Waals surface area contributed by atoms with Gasteiger partial charge in [-0.1, -0.05) is 35.9 Å². The third-order valence-electron chi connectivity index (χ3n) is 3.09. The molecule has 25 heavy (non-hydrogen) atoms. The second kappa shape index (κ2) is 8.52. The average Bonchev–Trinajstić information content (AvgIpc) is 2.60. The number of carbonyl (C=O) groups excluding carboxylic acids is 2. The molecule has 3 N–H and O–H groups in total. The number of benzene rings is 2. The molecule has 0 aliphatic carbocycles. The van der Waals surface area contributed by atoms with Crippen molar-refractivity contribution in [2.24, 2.45) is 5.73 Å². The molecule has 0 aromatic heterocycles. The third kappa shape index (κ3) is 5.37. The van der Waals surface area contributed by atoms with Crippen LogP contribution >= 0.6 is 11.6 Å². The second-order valence-electron chi connectivity index (χ2n) is 4.92. The van der Waals surface area contributed by atoms with Crippen molar-refractivity contribution < 1.29 is 14.3 Å². The van der Waals surface area contributed by atoms with Crippen molar-refractivity contribution in [2.75, 3.05) is 11.9 Å². The summed E-state index contributed by atoms with van der Waals surface area (Å²) in [4.78, 5) is 22.9. The van der Waals surface area contributed by atoms with Crippen molar-refractivity contribution in [1.82, 2.24) is 0 Å². The van der Waals surface area contributed by atoms with Gasteiger partial charge in [0.2, 0.25) is 0 Å². The van der Waals surface area contributed by atoms with Crippen LogP contribution in [0, 0.1) is 11.3 Å². The number of hydrogen-bond acceptors (Lipinski definition) is 4. The van der Waals surface area contributed by atoms with Crippen LogP contribution in [0.3, 0.4) is 0 Å². The first kappa shape index (κ1) is 18.0. The number of hydrogen-bond donors (Lipinski definition) is 2. The molecule has 0 radical (unpaired) electrons. The van der Waals surface area contributed by atoms with Crippen LogP contribution in [-0.2, 0) is 9.59 Å². The van der Waals surface area contributed by atoms with Gasteiger partial charge in [0.05, 0.1) is 10.7 Å². The lowest BCUT2D eigenvalue weighted by Crippen LogP contribution is -2.20. The van der Waals surface area contributed by atoms with Gasteiger partial charge in [0.1, 0.15) is 17.4 Å². The van der Waals surface area contributed by atoms with Crippen molar-refractivity contribution in [3.05, 3.63) is 64.7 Å². The molecule has 0 fully saturated rings. The summed E-state index contributed by atoms with van der Waals surface area (Å²) in [5.41, 5.74) is 6.05. The quantitative estimate of drug-likeness (QED) is 0.613. The number of carbonyl (C=O) groups is 2. The first-order valence-corrected chi connectivity index (χ1v) is 7.56. The van der Waals surface area contributed by atoms with E-state index in [4.69, 9.17) is 27.3 Å². The van der Waals surface area contributed by atoms with Crippen LogP contribution in [0.1, 0.15) is 5.56 Å². The van der Waals surface area contributed by atoms with E-state index in [-0.39, 0.29) is 18.1 Å². The molecule has 2 aromatic rings. The van der Waals surface area contributed by atoms with Crippen molar-refractivity contribution in [1.29, 1.82) is 5.26 Å². The minimum atomic E-state index is -0.793. The van der Waals surface area contributed by atoms with Crippen molar-refractivity contribution in [3.63, 3.8) is 0 Å². The molecule has 0 aliphatic rings. The third-order valence-corrected chi connectivity index (χ3v) is 3.42. The van der Waals surface area contributed by atoms with E-state index in [0.29, 0.717) is 22.0 Å². The lowest BCUT2D eigenvalue weighted by Gasteiger charge is -2.08. The summed E-state index contributed by atoms with van der Waals surface area (Å²) < 4.78 is 5.38. The van der Waals surface area contributed by atoms with Gasteiger partial charge >= 0.3 is 0 Å². The van der Waals surface area contributed by atoms with Gasteiger partial charge in [-0.15, -0.1) is 0 Å². The highest BCUT2D eigenvalue weighted by Gasteiger charge is 2.07. The molecule has 6 nitrogen and oxygen atoms in total. The van der Waals surface area contributed by atoms with Gasteiger partial charge in [-0.3, -0.25) is 9.59 Å². The number of nitrogens with one attached hydrogen (secondary N) is 1. The predicted octanol–water partition coefficient (Wildman–Crippen LogP) is 2.75. The number of anilines is 1. The Hall–Kier alpha value is -3.30. The van der Waals surface area contributed by atoms with E-state index in [0.717, 1.165) is 0 Å². The summed E-state index contributed by atoms with van der Waals surface area (Å²) in [6.07, 6.45) is 1.37. The summed E-state index contributed by atoms with van der Waals surface area (Å²) in [6.45, 7) is -0.189. The maximum atomic E-state index is 11.9. The SMILES string of the molecule is N#C/C(=C\c1ccc(OCC(=O)Nc2ccccc2Cl)cc1)C(N)=O. The molecular formula is C18H14ClN3O3. The average molecular weight is 356 g/mol. The largest absolute Gasteiger partial charge is 0.484 e. The number of halogens is 1. The van der Waals surface area contributed by atoms with E-state index in [2.05, 4.69) is 5.32 Å². The van der Waals surface area contributed by atoms with Gasteiger partial charge in [-0.2, -0.15) is 5.26 Å². The molecule has 2 amide bonds. The maximum Gasteiger partial charge on any atom is 0.262 e. The highest BCUT2D eigenvalue weighted by molar-refractivity contribution is 6.33. The minimum Gasteiger partial charge on any atom is -0.484 e. The van der Waals surface area contributed by atoms with Crippen LogP contribution < -0.4 is 15.8 Å². The summed E-state index contributed by atoms with van der Waals surface area (Å²) >= 11 is 5.96. The second-order valence-corrected chi connectivity index (χ2v) is 5.33. The minimum absolute atomic E-state index is 0.146. The zero-order valence-corrected chi connectivity index (χ0v) is 13.8. The fourth-order valence-electron chi connectivity index (χ4n) is 1.88. The Bertz CT molecular complexity index is 855. The number of nitriles is 1. The predicted molar refractivity (Wildman–Crippen MR) is 94.8 cm³/mol. The molecule has 0 saturated heterocycles. The molecule has 0 spiro atoms. The Labute approximate surface area is 149 Å². The van der Waals surface area contributed by atoms with Gasteiger partial charge < -0.3 is 15.8 Å². The zero-order valence-electron chi connectivity index (χ0n) is 13.0. The van der Waals surface area contributed by atoms with Crippen LogP contribution in [0.2, 0.25) is 5.02 Å². The molecule has 0 aliphatic heterocycles. The summed E-state index contributed by atoms with van der Waals surface area (Å²) in [6, 6.07) is 15.1. The molecule has 126 valence electrons. The van der Waals surface area contributed by atoms with Crippen molar-refractivity contribution >= 4 is 35.2 Å². The number of primary amides is 1. The van der Waals surface area contributed by atoms with E-state index in [9.17, 15) is 9.59 Å². The Morgan fingerprint density at radius 3 is 2.48 bits per heavy atom. The van der Waals surface area contributed by atoms with Gasteiger partial charge in [0.25, 0.3) is 11.8 Å². The van der Waals surface area contributed by atoms with Crippen molar-refractivity contribution in [3.8, 4) is 11.8 Å². The number of para-hydroxylation sites is 1. The zero-order chi connectivity index (χ0) is 18.2. The van der Waals surface area contributed by atoms with E-state index in [1.807, 2.05) is 0 Å². The molecule has 0 bridgehead atoms. The first-order chi connectivity index (χ1) is 12.0. The first-order valence-electron chi connectivity index (χ1n) is 7.18. The van der Waals surface area contributed by atoms with E-state index < -0.39 is 5.91 Å².